The fourth-order valence-electron chi connectivity index (χ4n) is 4.02. The van der Waals surface area contributed by atoms with Crippen LogP contribution >= 0.6 is 0 Å². The van der Waals surface area contributed by atoms with Crippen LogP contribution in [-0.4, -0.2) is 48.9 Å². The van der Waals surface area contributed by atoms with Crippen LogP contribution in [-0.2, 0) is 4.79 Å². The number of fused-ring (bicyclic) bond motifs is 1. The molecule has 30 heavy (non-hydrogen) atoms. The summed E-state index contributed by atoms with van der Waals surface area (Å²) in [7, 11) is 3.47. The third-order valence-electron chi connectivity index (χ3n) is 5.59. The molecule has 2 atom stereocenters. The summed E-state index contributed by atoms with van der Waals surface area (Å²) in [6.07, 6.45) is 1.59. The second-order valence-corrected chi connectivity index (χ2v) is 8.00. The maximum absolute atomic E-state index is 13.2. The van der Waals surface area contributed by atoms with E-state index in [1.807, 2.05) is 60.7 Å². The molecule has 0 unspecified atom stereocenters. The summed E-state index contributed by atoms with van der Waals surface area (Å²) >= 11 is 0. The first-order valence-electron chi connectivity index (χ1n) is 10.3. The number of amides is 3. The van der Waals surface area contributed by atoms with Crippen LogP contribution in [0, 0.1) is 5.92 Å². The monoisotopic (exact) mass is 405 g/mol. The van der Waals surface area contributed by atoms with E-state index in [0.717, 1.165) is 29.4 Å². The van der Waals surface area contributed by atoms with Crippen LogP contribution in [0.4, 0.5) is 4.79 Å². The fraction of sp³-hybridized carbons (Fsp3) is 0.333. The quantitative estimate of drug-likeness (QED) is 0.713. The molecule has 2 heterocycles. The number of hydrogen-bond donors (Lipinski definition) is 1. The van der Waals surface area contributed by atoms with Crippen molar-refractivity contribution in [1.29, 1.82) is 0 Å². The molecule has 0 bridgehead atoms. The lowest BCUT2D eigenvalue weighted by atomic mass is 9.96. The number of para-hydroxylation sites is 1. The number of piperidine rings is 1. The molecule has 3 amide bonds. The molecule has 1 N–H and O–H groups in total. The highest BCUT2D eigenvalue weighted by Crippen LogP contribution is 2.29. The van der Waals surface area contributed by atoms with E-state index in [1.54, 1.807) is 23.9 Å². The first kappa shape index (κ1) is 20.0. The molecular formula is C24H27N3O3. The zero-order valence-electron chi connectivity index (χ0n) is 17.4. The van der Waals surface area contributed by atoms with Gasteiger partial charge in [-0.05, 0) is 30.5 Å². The maximum atomic E-state index is 13.2. The van der Waals surface area contributed by atoms with Crippen LogP contribution in [0.1, 0.15) is 30.2 Å². The lowest BCUT2D eigenvalue weighted by Gasteiger charge is -2.34. The van der Waals surface area contributed by atoms with Gasteiger partial charge in [0.25, 0.3) is 0 Å². The molecule has 6 heteroatoms. The summed E-state index contributed by atoms with van der Waals surface area (Å²) in [5.74, 6) is 0.409. The predicted molar refractivity (Wildman–Crippen MR) is 116 cm³/mol. The minimum atomic E-state index is -0.383. The van der Waals surface area contributed by atoms with E-state index in [9.17, 15) is 9.59 Å². The van der Waals surface area contributed by atoms with Gasteiger partial charge in [0.15, 0.2) is 0 Å². The average Bonchev–Trinajstić information content (AvgIpc) is 3.21. The largest absolute Gasteiger partial charge is 0.459 e. The van der Waals surface area contributed by atoms with Crippen LogP contribution in [0.5, 0.6) is 0 Å². The molecule has 6 nitrogen and oxygen atoms in total. The van der Waals surface area contributed by atoms with Crippen molar-refractivity contribution in [2.75, 3.05) is 27.2 Å². The van der Waals surface area contributed by atoms with Crippen molar-refractivity contribution in [2.45, 2.75) is 18.9 Å². The van der Waals surface area contributed by atoms with Gasteiger partial charge in [-0.2, -0.15) is 0 Å². The number of furan rings is 1. The molecule has 2 aromatic carbocycles. The highest BCUT2D eigenvalue weighted by Gasteiger charge is 2.31. The van der Waals surface area contributed by atoms with Gasteiger partial charge >= 0.3 is 6.03 Å². The van der Waals surface area contributed by atoms with Crippen molar-refractivity contribution >= 4 is 22.9 Å². The number of rotatable bonds is 4. The first-order chi connectivity index (χ1) is 14.5. The second kappa shape index (κ2) is 8.61. The van der Waals surface area contributed by atoms with E-state index in [0.29, 0.717) is 18.8 Å². The van der Waals surface area contributed by atoms with E-state index in [4.69, 9.17) is 4.42 Å². The summed E-state index contributed by atoms with van der Waals surface area (Å²) in [4.78, 5) is 28.9. The van der Waals surface area contributed by atoms with E-state index in [-0.39, 0.29) is 23.9 Å². The number of urea groups is 1. The molecule has 1 fully saturated rings. The smallest absolute Gasteiger partial charge is 0.319 e. The molecule has 0 radical (unpaired) electrons. The summed E-state index contributed by atoms with van der Waals surface area (Å²) < 4.78 is 6.08. The van der Waals surface area contributed by atoms with Crippen molar-refractivity contribution in [2.24, 2.45) is 5.92 Å². The lowest BCUT2D eigenvalue weighted by Crippen LogP contribution is -2.49. The minimum absolute atomic E-state index is 0.0515. The van der Waals surface area contributed by atoms with Crippen LogP contribution < -0.4 is 5.32 Å². The van der Waals surface area contributed by atoms with Crippen molar-refractivity contribution in [1.82, 2.24) is 15.1 Å². The highest BCUT2D eigenvalue weighted by molar-refractivity contribution is 5.82. The second-order valence-electron chi connectivity index (χ2n) is 8.00. The summed E-state index contributed by atoms with van der Waals surface area (Å²) in [6, 6.07) is 19.2. The molecule has 0 aliphatic carbocycles. The fourth-order valence-corrected chi connectivity index (χ4v) is 4.02. The molecule has 1 aromatic heterocycles. The van der Waals surface area contributed by atoms with Gasteiger partial charge in [-0.3, -0.25) is 4.79 Å². The number of likely N-dealkylation sites (tertiary alicyclic amines) is 1. The molecule has 1 saturated heterocycles. The highest BCUT2D eigenvalue weighted by atomic mass is 16.3. The molecule has 0 spiro atoms. The van der Waals surface area contributed by atoms with Gasteiger partial charge in [0.1, 0.15) is 17.4 Å². The van der Waals surface area contributed by atoms with Gasteiger partial charge in [-0.1, -0.05) is 48.5 Å². The van der Waals surface area contributed by atoms with E-state index >= 15 is 0 Å². The maximum Gasteiger partial charge on any atom is 0.319 e. The summed E-state index contributed by atoms with van der Waals surface area (Å²) in [6.45, 7) is 1.12. The van der Waals surface area contributed by atoms with Gasteiger partial charge < -0.3 is 19.5 Å². The third kappa shape index (κ3) is 4.17. The van der Waals surface area contributed by atoms with Gasteiger partial charge in [0.05, 0.1) is 5.92 Å². The van der Waals surface area contributed by atoms with E-state index in [2.05, 4.69) is 5.32 Å². The zero-order valence-corrected chi connectivity index (χ0v) is 17.4. The first-order valence-corrected chi connectivity index (χ1v) is 10.3. The topological polar surface area (TPSA) is 65.8 Å². The van der Waals surface area contributed by atoms with E-state index in [1.165, 1.54) is 0 Å². The van der Waals surface area contributed by atoms with Crippen LogP contribution in [0.2, 0.25) is 0 Å². The zero-order chi connectivity index (χ0) is 21.1. The number of nitrogens with one attached hydrogen (secondary N) is 1. The third-order valence-corrected chi connectivity index (χ3v) is 5.59. The number of hydrogen-bond acceptors (Lipinski definition) is 3. The van der Waals surface area contributed by atoms with E-state index < -0.39 is 0 Å². The Balaban J connectivity index is 1.57. The Morgan fingerprint density at radius 1 is 1.10 bits per heavy atom. The van der Waals surface area contributed by atoms with Crippen molar-refractivity contribution in [3.05, 3.63) is 72.0 Å². The lowest BCUT2D eigenvalue weighted by molar-refractivity contribution is -0.127. The van der Waals surface area contributed by atoms with Crippen LogP contribution in [0.15, 0.2) is 65.1 Å². The van der Waals surface area contributed by atoms with Gasteiger partial charge in [0.2, 0.25) is 5.91 Å². The Bertz CT molecular complexity index is 995. The molecule has 156 valence electrons. The molecule has 1 aliphatic rings. The van der Waals surface area contributed by atoms with Gasteiger partial charge in [-0.15, -0.1) is 0 Å². The van der Waals surface area contributed by atoms with Gasteiger partial charge in [-0.25, -0.2) is 4.79 Å². The number of carbonyl (C=O) groups is 2. The summed E-state index contributed by atoms with van der Waals surface area (Å²) in [5.41, 5.74) is 1.75. The molecule has 0 saturated carbocycles. The Morgan fingerprint density at radius 2 is 1.83 bits per heavy atom. The number of benzene rings is 2. The minimum Gasteiger partial charge on any atom is -0.459 e. The number of carbonyl (C=O) groups excluding carboxylic acids is 2. The Hall–Kier alpha value is -3.28. The molecule has 4 rings (SSSR count). The molecule has 3 aromatic rings. The van der Waals surface area contributed by atoms with Crippen LogP contribution in [0.25, 0.3) is 11.0 Å². The standard InChI is InChI=1S/C24H27N3O3/c1-26(2)24(29)27-14-8-12-19(16-27)23(28)25-22(17-9-4-3-5-10-17)21-15-18-11-6-7-13-20(18)30-21/h3-7,9-11,13,15,19,22H,8,12,14,16H2,1-2H3,(H,25,28)/t19-,22-/m1/s1. The van der Waals surface area contributed by atoms with Crippen molar-refractivity contribution < 1.29 is 14.0 Å². The Labute approximate surface area is 176 Å². The Kier molecular flexibility index (Phi) is 5.74. The number of nitrogens with zero attached hydrogens (tertiary/aromatic N) is 2. The van der Waals surface area contributed by atoms with Crippen molar-refractivity contribution in [3.8, 4) is 0 Å². The van der Waals surface area contributed by atoms with Gasteiger partial charge in [0, 0.05) is 32.6 Å². The van der Waals surface area contributed by atoms with Crippen molar-refractivity contribution in [3.63, 3.8) is 0 Å². The molecular weight excluding hydrogens is 378 g/mol. The normalized spacial score (nSPS) is 17.5. The predicted octanol–water partition coefficient (Wildman–Crippen LogP) is 4.03. The van der Waals surface area contributed by atoms with Crippen LogP contribution in [0.3, 0.4) is 0 Å². The summed E-state index contributed by atoms with van der Waals surface area (Å²) in [5, 5.41) is 4.19. The SMILES string of the molecule is CN(C)C(=O)N1CCC[C@@H](C(=O)N[C@H](c2ccccc2)c2cc3ccccc3o2)C1. The Morgan fingerprint density at radius 3 is 2.57 bits per heavy atom. The molecule has 1 aliphatic heterocycles. The average molecular weight is 405 g/mol.